The molecule has 2 heterocycles. The van der Waals surface area contributed by atoms with E-state index in [0.717, 1.165) is 11.1 Å². The van der Waals surface area contributed by atoms with Gasteiger partial charge in [0.2, 0.25) is 0 Å². The first-order valence-corrected chi connectivity index (χ1v) is 11.1. The third kappa shape index (κ3) is 5.40. The first-order valence-electron chi connectivity index (χ1n) is 9.34. The Bertz CT molecular complexity index is 1260. The highest BCUT2D eigenvalue weighted by Crippen LogP contribution is 2.27. The average molecular weight is 488 g/mol. The summed E-state index contributed by atoms with van der Waals surface area (Å²) in [5.74, 6) is -0.626. The van der Waals surface area contributed by atoms with Crippen molar-refractivity contribution in [1.82, 2.24) is 9.97 Å². The molecule has 4 aromatic rings. The molecule has 1 N–H and O–H groups in total. The van der Waals surface area contributed by atoms with Gasteiger partial charge >= 0.3 is 5.97 Å². The lowest BCUT2D eigenvalue weighted by Gasteiger charge is -2.10. The maximum absolute atomic E-state index is 12.6. The molecule has 0 bridgehead atoms. The minimum atomic E-state index is -0.621. The lowest BCUT2D eigenvalue weighted by molar-refractivity contribution is -0.119. The van der Waals surface area contributed by atoms with Gasteiger partial charge in [0, 0.05) is 11.9 Å². The zero-order chi connectivity index (χ0) is 22.5. The SMILES string of the molecule is O=C(COC(=O)c1ccccc1CSc1nc2ccccc2o1)Nc1ncc(Cl)cc1Cl. The topological polar surface area (TPSA) is 94.3 Å². The second-order valence-electron chi connectivity index (χ2n) is 6.50. The van der Waals surface area contributed by atoms with Gasteiger partial charge in [0.25, 0.3) is 11.1 Å². The number of hydrogen-bond donors (Lipinski definition) is 1. The number of pyridine rings is 1. The highest BCUT2D eigenvalue weighted by atomic mass is 35.5. The number of fused-ring (bicyclic) bond motifs is 1. The number of thioether (sulfide) groups is 1. The van der Waals surface area contributed by atoms with Crippen molar-refractivity contribution in [1.29, 1.82) is 0 Å². The number of carbonyl (C=O) groups excluding carboxylic acids is 2. The zero-order valence-corrected chi connectivity index (χ0v) is 18.7. The molecule has 0 saturated heterocycles. The quantitative estimate of drug-likeness (QED) is 0.267. The molecule has 2 aromatic heterocycles. The Labute approximate surface area is 197 Å². The smallest absolute Gasteiger partial charge is 0.338 e. The number of benzene rings is 2. The predicted molar refractivity (Wildman–Crippen MR) is 123 cm³/mol. The third-order valence-corrected chi connectivity index (χ3v) is 5.63. The molecular formula is C22H15Cl2N3O4S. The summed E-state index contributed by atoms with van der Waals surface area (Å²) < 4.78 is 10.9. The van der Waals surface area contributed by atoms with Crippen molar-refractivity contribution < 1.29 is 18.7 Å². The molecule has 0 spiro atoms. The van der Waals surface area contributed by atoms with Gasteiger partial charge in [0.15, 0.2) is 18.0 Å². The van der Waals surface area contributed by atoms with Gasteiger partial charge in [-0.1, -0.05) is 65.3 Å². The number of hydrogen-bond acceptors (Lipinski definition) is 7. The van der Waals surface area contributed by atoms with Crippen LogP contribution in [0, 0.1) is 0 Å². The summed E-state index contributed by atoms with van der Waals surface area (Å²) >= 11 is 13.1. The number of oxazole rings is 1. The van der Waals surface area contributed by atoms with Gasteiger partial charge < -0.3 is 14.5 Å². The van der Waals surface area contributed by atoms with Crippen LogP contribution >= 0.6 is 35.0 Å². The molecule has 0 unspecified atom stereocenters. The molecule has 7 nitrogen and oxygen atoms in total. The van der Waals surface area contributed by atoms with E-state index in [1.165, 1.54) is 24.0 Å². The fourth-order valence-corrected chi connectivity index (χ4v) is 4.05. The summed E-state index contributed by atoms with van der Waals surface area (Å²) in [6.07, 6.45) is 1.35. The molecule has 32 heavy (non-hydrogen) atoms. The molecule has 0 aliphatic rings. The fourth-order valence-electron chi connectivity index (χ4n) is 2.78. The van der Waals surface area contributed by atoms with Gasteiger partial charge in [-0.2, -0.15) is 0 Å². The van der Waals surface area contributed by atoms with Crippen molar-refractivity contribution in [3.63, 3.8) is 0 Å². The number of nitrogens with zero attached hydrogens (tertiary/aromatic N) is 2. The lowest BCUT2D eigenvalue weighted by Crippen LogP contribution is -2.22. The van der Waals surface area contributed by atoms with E-state index in [9.17, 15) is 9.59 Å². The van der Waals surface area contributed by atoms with E-state index in [0.29, 0.717) is 27.1 Å². The molecule has 0 saturated carbocycles. The van der Waals surface area contributed by atoms with Crippen LogP contribution in [0.25, 0.3) is 11.1 Å². The zero-order valence-electron chi connectivity index (χ0n) is 16.4. The summed E-state index contributed by atoms with van der Waals surface area (Å²) in [5.41, 5.74) is 2.55. The maximum atomic E-state index is 12.6. The van der Waals surface area contributed by atoms with Crippen LogP contribution in [0.3, 0.4) is 0 Å². The van der Waals surface area contributed by atoms with Gasteiger partial charge in [-0.15, -0.1) is 0 Å². The molecule has 2 aromatic carbocycles. The average Bonchev–Trinajstić information content (AvgIpc) is 3.21. The number of para-hydroxylation sites is 2. The highest BCUT2D eigenvalue weighted by Gasteiger charge is 2.16. The van der Waals surface area contributed by atoms with Crippen LogP contribution in [-0.4, -0.2) is 28.5 Å². The maximum Gasteiger partial charge on any atom is 0.338 e. The Morgan fingerprint density at radius 1 is 1.09 bits per heavy atom. The Morgan fingerprint density at radius 3 is 2.69 bits per heavy atom. The van der Waals surface area contributed by atoms with Crippen LogP contribution in [0.4, 0.5) is 5.82 Å². The van der Waals surface area contributed by atoms with Gasteiger partial charge in [0.05, 0.1) is 15.6 Å². The van der Waals surface area contributed by atoms with Crippen LogP contribution in [0.2, 0.25) is 10.0 Å². The van der Waals surface area contributed by atoms with E-state index < -0.39 is 18.5 Å². The largest absolute Gasteiger partial charge is 0.452 e. The number of nitrogens with one attached hydrogen (secondary N) is 1. The van der Waals surface area contributed by atoms with E-state index in [-0.39, 0.29) is 10.8 Å². The standard InChI is InChI=1S/C22H15Cl2N3O4S/c23-14-9-16(24)20(25-10-14)27-19(28)11-30-21(29)15-6-2-1-5-13(15)12-32-22-26-17-7-3-4-8-18(17)31-22/h1-10H,11-12H2,(H,25,27,28). The van der Waals surface area contributed by atoms with E-state index in [1.807, 2.05) is 36.4 Å². The monoisotopic (exact) mass is 487 g/mol. The molecule has 0 aliphatic carbocycles. The van der Waals surface area contributed by atoms with Crippen molar-refractivity contribution in [2.45, 2.75) is 11.0 Å². The summed E-state index contributed by atoms with van der Waals surface area (Å²) in [5, 5.41) is 3.50. The Balaban J connectivity index is 1.37. The first-order chi connectivity index (χ1) is 15.5. The number of rotatable bonds is 7. The number of amides is 1. The normalized spacial score (nSPS) is 10.8. The number of ether oxygens (including phenoxy) is 1. The van der Waals surface area contributed by atoms with Gasteiger partial charge in [-0.25, -0.2) is 14.8 Å². The van der Waals surface area contributed by atoms with E-state index in [1.54, 1.807) is 12.1 Å². The number of carbonyl (C=O) groups is 2. The van der Waals surface area contributed by atoms with E-state index in [2.05, 4.69) is 15.3 Å². The number of aromatic nitrogens is 2. The Morgan fingerprint density at radius 2 is 1.88 bits per heavy atom. The molecule has 10 heteroatoms. The summed E-state index contributed by atoms with van der Waals surface area (Å²) in [7, 11) is 0. The van der Waals surface area contributed by atoms with Crippen molar-refractivity contribution >= 4 is 63.8 Å². The Kier molecular flexibility index (Phi) is 6.94. The van der Waals surface area contributed by atoms with Gasteiger partial charge in [-0.3, -0.25) is 4.79 Å². The number of halogens is 2. The van der Waals surface area contributed by atoms with Crippen LogP contribution in [-0.2, 0) is 15.3 Å². The summed E-state index contributed by atoms with van der Waals surface area (Å²) in [4.78, 5) is 33.0. The van der Waals surface area contributed by atoms with Gasteiger partial charge in [-0.05, 0) is 29.8 Å². The fraction of sp³-hybridized carbons (Fsp3) is 0.0909. The van der Waals surface area contributed by atoms with E-state index in [4.69, 9.17) is 32.4 Å². The first kappa shape index (κ1) is 22.1. The van der Waals surface area contributed by atoms with Crippen LogP contribution in [0.15, 0.2) is 70.4 Å². The highest BCUT2D eigenvalue weighted by molar-refractivity contribution is 7.98. The molecule has 0 atom stereocenters. The Hall–Kier alpha value is -3.07. The molecule has 162 valence electrons. The minimum Gasteiger partial charge on any atom is -0.452 e. The minimum absolute atomic E-state index is 0.132. The van der Waals surface area contributed by atoms with Crippen molar-refractivity contribution in [3.05, 3.63) is 82.0 Å². The van der Waals surface area contributed by atoms with Crippen molar-refractivity contribution in [2.24, 2.45) is 0 Å². The lowest BCUT2D eigenvalue weighted by atomic mass is 10.1. The summed E-state index contributed by atoms with van der Waals surface area (Å²) in [6.45, 7) is -0.494. The van der Waals surface area contributed by atoms with Crippen LogP contribution in [0.5, 0.6) is 0 Å². The number of anilines is 1. The molecule has 0 aliphatic heterocycles. The molecule has 1 amide bonds. The summed E-state index contributed by atoms with van der Waals surface area (Å²) in [6, 6.07) is 15.9. The van der Waals surface area contributed by atoms with Crippen molar-refractivity contribution in [2.75, 3.05) is 11.9 Å². The van der Waals surface area contributed by atoms with E-state index >= 15 is 0 Å². The predicted octanol–water partition coefficient (Wildman–Crippen LogP) is 5.62. The van der Waals surface area contributed by atoms with Crippen LogP contribution in [0.1, 0.15) is 15.9 Å². The molecule has 0 radical (unpaired) electrons. The third-order valence-electron chi connectivity index (χ3n) is 4.26. The second-order valence-corrected chi connectivity index (χ2v) is 8.27. The van der Waals surface area contributed by atoms with Crippen LogP contribution < -0.4 is 5.32 Å². The molecular weight excluding hydrogens is 473 g/mol. The molecule has 4 rings (SSSR count). The number of esters is 1. The van der Waals surface area contributed by atoms with Crippen molar-refractivity contribution in [3.8, 4) is 0 Å². The van der Waals surface area contributed by atoms with Gasteiger partial charge in [0.1, 0.15) is 5.52 Å². The molecule has 0 fully saturated rings. The second kappa shape index (κ2) is 10.0.